The van der Waals surface area contributed by atoms with Gasteiger partial charge in [0, 0.05) is 5.56 Å². The average molecular weight is 478 g/mol. The molecule has 0 saturated carbocycles. The highest BCUT2D eigenvalue weighted by atomic mass is 32.1. The van der Waals surface area contributed by atoms with Crippen molar-refractivity contribution >= 4 is 29.0 Å². The number of amides is 1. The fourth-order valence-corrected chi connectivity index (χ4v) is 3.97. The molecule has 34 heavy (non-hydrogen) atoms. The zero-order valence-corrected chi connectivity index (χ0v) is 19.8. The lowest BCUT2D eigenvalue weighted by Gasteiger charge is -2.16. The van der Waals surface area contributed by atoms with E-state index in [0.29, 0.717) is 16.5 Å². The number of rotatable bonds is 6. The molecule has 0 aliphatic heterocycles. The molecule has 1 atom stereocenters. The molecule has 2 N–H and O–H groups in total. The highest BCUT2D eigenvalue weighted by Gasteiger charge is 2.15. The van der Waals surface area contributed by atoms with Gasteiger partial charge in [-0.25, -0.2) is 8.96 Å². The van der Waals surface area contributed by atoms with Gasteiger partial charge >= 0.3 is 0 Å². The summed E-state index contributed by atoms with van der Waals surface area (Å²) in [5, 5.41) is 3.25. The lowest BCUT2D eigenvalue weighted by molar-refractivity contribution is 0.0940. The summed E-state index contributed by atoms with van der Waals surface area (Å²) in [6.45, 7) is 5.81. The third kappa shape index (κ3) is 4.77. The fraction of sp³-hybridized carbons (Fsp3) is 0.192. The van der Waals surface area contributed by atoms with Crippen LogP contribution in [0.2, 0.25) is 0 Å². The number of ether oxygens (including phenoxy) is 1. The molecule has 0 spiro atoms. The van der Waals surface area contributed by atoms with Crippen molar-refractivity contribution in [2.24, 2.45) is 0 Å². The Hall–Kier alpha value is -3.78. The number of carbonyl (C=O) groups is 1. The maximum Gasteiger partial charge on any atom is 0.266 e. The average Bonchev–Trinajstić information content (AvgIpc) is 2.80. The third-order valence-corrected chi connectivity index (χ3v) is 5.64. The maximum atomic E-state index is 14.3. The lowest BCUT2D eigenvalue weighted by atomic mass is 10.1. The van der Waals surface area contributed by atoms with Gasteiger partial charge in [-0.15, -0.1) is 0 Å². The topological polar surface area (TPSA) is 76.1 Å². The van der Waals surface area contributed by atoms with Crippen LogP contribution in [0.25, 0.3) is 16.6 Å². The van der Waals surface area contributed by atoms with E-state index in [9.17, 15) is 14.0 Å². The van der Waals surface area contributed by atoms with Gasteiger partial charge in [0.2, 0.25) is 0 Å². The molecule has 0 saturated heterocycles. The number of nitrogens with zero attached hydrogens (tertiary/aromatic N) is 1. The number of aromatic amines is 1. The van der Waals surface area contributed by atoms with Crippen molar-refractivity contribution in [3.8, 4) is 11.4 Å². The highest BCUT2D eigenvalue weighted by molar-refractivity contribution is 7.71. The van der Waals surface area contributed by atoms with Gasteiger partial charge < -0.3 is 15.0 Å². The van der Waals surface area contributed by atoms with Gasteiger partial charge in [-0.3, -0.25) is 9.59 Å². The number of H-pyrrole nitrogens is 1. The van der Waals surface area contributed by atoms with Gasteiger partial charge in [-0.2, -0.15) is 0 Å². The lowest BCUT2D eigenvalue weighted by Crippen LogP contribution is -2.27. The number of nitrogens with one attached hydrogen (secondary N) is 2. The molecule has 0 fully saturated rings. The molecule has 1 heterocycles. The number of benzene rings is 3. The van der Waals surface area contributed by atoms with Crippen molar-refractivity contribution in [1.29, 1.82) is 0 Å². The highest BCUT2D eigenvalue weighted by Crippen LogP contribution is 2.20. The maximum absolute atomic E-state index is 14.3. The summed E-state index contributed by atoms with van der Waals surface area (Å²) >= 11 is 5.32. The molecule has 1 amide bonds. The molecule has 1 unspecified atom stereocenters. The Labute approximate surface area is 201 Å². The molecule has 3 aromatic carbocycles. The van der Waals surface area contributed by atoms with Crippen molar-refractivity contribution < 1.29 is 13.9 Å². The van der Waals surface area contributed by atoms with Crippen LogP contribution >= 0.6 is 12.2 Å². The van der Waals surface area contributed by atoms with Gasteiger partial charge in [-0.05, 0) is 81.0 Å². The van der Waals surface area contributed by atoms with E-state index in [2.05, 4.69) is 10.3 Å². The quantitative estimate of drug-likeness (QED) is 0.361. The molecule has 0 aliphatic rings. The van der Waals surface area contributed by atoms with Crippen molar-refractivity contribution in [2.75, 3.05) is 0 Å². The van der Waals surface area contributed by atoms with E-state index in [1.165, 1.54) is 24.3 Å². The van der Waals surface area contributed by atoms with E-state index in [1.54, 1.807) is 18.2 Å². The minimum absolute atomic E-state index is 0.0391. The molecular weight excluding hydrogens is 453 g/mol. The molecule has 4 aromatic rings. The van der Waals surface area contributed by atoms with Crippen molar-refractivity contribution in [1.82, 2.24) is 14.9 Å². The number of hydrogen-bond acceptors (Lipinski definition) is 4. The first-order chi connectivity index (χ1) is 16.2. The Bertz CT molecular complexity index is 1480. The van der Waals surface area contributed by atoms with E-state index in [-0.39, 0.29) is 28.5 Å². The van der Waals surface area contributed by atoms with E-state index in [0.717, 1.165) is 15.9 Å². The molecule has 174 valence electrons. The standard InChI is InChI=1S/C26H24FN3O3S/c1-15(2)33-19-11-8-17(9-12-19)16(3)28-24(31)18-10-13-20-22(14-18)29-26(34)30(25(20)32)23-7-5-4-6-21(23)27/h4-16H,1-3H3,(H,28,31)(H,29,34). The van der Waals surface area contributed by atoms with Gasteiger partial charge in [0.15, 0.2) is 4.77 Å². The molecular formula is C26H24FN3O3S. The summed E-state index contributed by atoms with van der Waals surface area (Å²) in [5.41, 5.74) is 1.30. The van der Waals surface area contributed by atoms with Crippen LogP contribution in [0.4, 0.5) is 4.39 Å². The van der Waals surface area contributed by atoms with Gasteiger partial charge in [0.1, 0.15) is 11.6 Å². The van der Waals surface area contributed by atoms with E-state index < -0.39 is 11.4 Å². The molecule has 0 bridgehead atoms. The summed E-state index contributed by atoms with van der Waals surface area (Å²) in [6.07, 6.45) is 0.0825. The monoisotopic (exact) mass is 477 g/mol. The predicted octanol–water partition coefficient (Wildman–Crippen LogP) is 5.47. The van der Waals surface area contributed by atoms with Gasteiger partial charge in [0.25, 0.3) is 11.5 Å². The SMILES string of the molecule is CC(C)Oc1ccc(C(C)NC(=O)c2ccc3c(=O)n(-c4ccccc4F)c(=S)[nH]c3c2)cc1. The number of hydrogen-bond donors (Lipinski definition) is 2. The largest absolute Gasteiger partial charge is 0.491 e. The second-order valence-electron chi connectivity index (χ2n) is 8.21. The van der Waals surface area contributed by atoms with Crippen LogP contribution in [0.3, 0.4) is 0 Å². The first-order valence-electron chi connectivity index (χ1n) is 10.9. The molecule has 4 rings (SSSR count). The number of aromatic nitrogens is 2. The third-order valence-electron chi connectivity index (χ3n) is 5.35. The number of carbonyl (C=O) groups excluding carboxylic acids is 1. The Kier molecular flexibility index (Phi) is 6.61. The molecule has 0 radical (unpaired) electrons. The number of fused-ring (bicyclic) bond motifs is 1. The first-order valence-corrected chi connectivity index (χ1v) is 11.3. The van der Waals surface area contributed by atoms with E-state index in [1.807, 2.05) is 45.0 Å². The molecule has 0 aliphatic carbocycles. The summed E-state index contributed by atoms with van der Waals surface area (Å²) in [4.78, 5) is 28.9. The van der Waals surface area contributed by atoms with Crippen LogP contribution in [-0.4, -0.2) is 21.6 Å². The Morgan fingerprint density at radius 1 is 1.06 bits per heavy atom. The van der Waals surface area contributed by atoms with Crippen LogP contribution in [0.5, 0.6) is 5.75 Å². The predicted molar refractivity (Wildman–Crippen MR) is 133 cm³/mol. The zero-order chi connectivity index (χ0) is 24.4. The zero-order valence-electron chi connectivity index (χ0n) is 19.0. The fourth-order valence-electron chi connectivity index (χ4n) is 3.68. The molecule has 8 heteroatoms. The Balaban J connectivity index is 1.60. The van der Waals surface area contributed by atoms with E-state index >= 15 is 0 Å². The van der Waals surface area contributed by atoms with Crippen LogP contribution in [-0.2, 0) is 0 Å². The van der Waals surface area contributed by atoms with E-state index in [4.69, 9.17) is 17.0 Å². The number of halogens is 1. The van der Waals surface area contributed by atoms with Gasteiger partial charge in [-0.1, -0.05) is 24.3 Å². The first kappa shape index (κ1) is 23.4. The second kappa shape index (κ2) is 9.61. The summed E-state index contributed by atoms with van der Waals surface area (Å²) in [6, 6.07) is 17.9. The van der Waals surface area contributed by atoms with Crippen molar-refractivity contribution in [3.05, 3.63) is 98.8 Å². The summed E-state index contributed by atoms with van der Waals surface area (Å²) in [7, 11) is 0. The second-order valence-corrected chi connectivity index (χ2v) is 8.60. The van der Waals surface area contributed by atoms with Crippen molar-refractivity contribution in [3.63, 3.8) is 0 Å². The van der Waals surface area contributed by atoms with Crippen LogP contribution in [0, 0.1) is 10.6 Å². The Morgan fingerprint density at radius 3 is 2.44 bits per heavy atom. The molecule has 6 nitrogen and oxygen atoms in total. The smallest absolute Gasteiger partial charge is 0.266 e. The number of para-hydroxylation sites is 1. The minimum atomic E-state index is -0.558. The summed E-state index contributed by atoms with van der Waals surface area (Å²) < 4.78 is 21.1. The van der Waals surface area contributed by atoms with Crippen LogP contribution in [0.1, 0.15) is 42.7 Å². The van der Waals surface area contributed by atoms with Crippen molar-refractivity contribution in [2.45, 2.75) is 32.9 Å². The Morgan fingerprint density at radius 2 is 1.76 bits per heavy atom. The normalized spacial score (nSPS) is 12.0. The summed E-state index contributed by atoms with van der Waals surface area (Å²) in [5.74, 6) is -0.0881. The van der Waals surface area contributed by atoms with Gasteiger partial charge in [0.05, 0.1) is 28.7 Å². The van der Waals surface area contributed by atoms with Crippen LogP contribution in [0.15, 0.2) is 71.5 Å². The molecule has 1 aromatic heterocycles. The minimum Gasteiger partial charge on any atom is -0.491 e. The van der Waals surface area contributed by atoms with Crippen LogP contribution < -0.4 is 15.6 Å².